The van der Waals surface area contributed by atoms with Crippen LogP contribution >= 0.6 is 0 Å². The van der Waals surface area contributed by atoms with E-state index in [0.717, 1.165) is 24.2 Å². The van der Waals surface area contributed by atoms with E-state index >= 15 is 0 Å². The topological polar surface area (TPSA) is 77.7 Å². The smallest absolute Gasteiger partial charge is 0.258 e. The molecular formula is C17H21N5O. The largest absolute Gasteiger partial charge is 0.347 e. The maximum absolute atomic E-state index is 12.2. The molecule has 0 spiro atoms. The van der Waals surface area contributed by atoms with Crippen LogP contribution in [-0.4, -0.2) is 30.9 Å². The normalized spacial score (nSPS) is 12.8. The number of benzene rings is 1. The van der Waals surface area contributed by atoms with Gasteiger partial charge in [-0.2, -0.15) is 0 Å². The highest BCUT2D eigenvalue weighted by Gasteiger charge is 2.16. The van der Waals surface area contributed by atoms with Crippen molar-refractivity contribution < 1.29 is 0 Å². The molecule has 2 heterocycles. The monoisotopic (exact) mass is 311 g/mol. The first-order valence-electron chi connectivity index (χ1n) is 7.86. The summed E-state index contributed by atoms with van der Waals surface area (Å²) in [6.07, 6.45) is 4.53. The van der Waals surface area contributed by atoms with Crippen LogP contribution in [-0.2, 0) is 13.1 Å². The maximum atomic E-state index is 12.2. The first kappa shape index (κ1) is 15.4. The van der Waals surface area contributed by atoms with E-state index in [1.54, 1.807) is 12.4 Å². The van der Waals surface area contributed by atoms with Gasteiger partial charge in [-0.3, -0.25) is 9.69 Å². The van der Waals surface area contributed by atoms with Gasteiger partial charge in [-0.25, -0.2) is 9.97 Å². The van der Waals surface area contributed by atoms with Crippen LogP contribution < -0.4 is 5.56 Å². The third-order valence-electron chi connectivity index (χ3n) is 4.16. The summed E-state index contributed by atoms with van der Waals surface area (Å²) in [5.74, 6) is 0.688. The lowest BCUT2D eigenvalue weighted by Crippen LogP contribution is -2.33. The molecule has 0 radical (unpaired) electrons. The molecule has 0 fully saturated rings. The quantitative estimate of drug-likeness (QED) is 0.733. The minimum Gasteiger partial charge on any atom is -0.347 e. The Hall–Kier alpha value is -2.47. The lowest BCUT2D eigenvalue weighted by atomic mass is 10.2. The number of rotatable bonds is 6. The van der Waals surface area contributed by atoms with Crippen LogP contribution in [0.1, 0.15) is 31.8 Å². The highest BCUT2D eigenvalue weighted by atomic mass is 16.1. The van der Waals surface area contributed by atoms with E-state index in [4.69, 9.17) is 0 Å². The van der Waals surface area contributed by atoms with Gasteiger partial charge in [-0.15, -0.1) is 0 Å². The number of nitrogens with one attached hydrogen (secondary N) is 2. The van der Waals surface area contributed by atoms with Gasteiger partial charge in [0.15, 0.2) is 0 Å². The van der Waals surface area contributed by atoms with Crippen molar-refractivity contribution >= 4 is 10.9 Å². The molecule has 0 saturated carbocycles. The molecule has 3 rings (SSSR count). The molecule has 0 bridgehead atoms. The fourth-order valence-electron chi connectivity index (χ4n) is 2.62. The van der Waals surface area contributed by atoms with Gasteiger partial charge >= 0.3 is 0 Å². The molecular weight excluding hydrogens is 290 g/mol. The molecule has 6 nitrogen and oxygen atoms in total. The zero-order valence-electron chi connectivity index (χ0n) is 13.4. The van der Waals surface area contributed by atoms with Gasteiger partial charge in [0.25, 0.3) is 5.56 Å². The molecule has 120 valence electrons. The zero-order valence-corrected chi connectivity index (χ0v) is 13.4. The first-order valence-corrected chi connectivity index (χ1v) is 7.86. The zero-order chi connectivity index (χ0) is 16.2. The summed E-state index contributed by atoms with van der Waals surface area (Å²) < 4.78 is 0. The van der Waals surface area contributed by atoms with E-state index < -0.39 is 0 Å². The minimum atomic E-state index is -0.0868. The summed E-state index contributed by atoms with van der Waals surface area (Å²) >= 11 is 0. The highest BCUT2D eigenvalue weighted by Crippen LogP contribution is 2.13. The molecule has 1 unspecified atom stereocenters. The molecule has 1 aromatic carbocycles. The number of hydrogen-bond donors (Lipinski definition) is 2. The summed E-state index contributed by atoms with van der Waals surface area (Å²) in [5.41, 5.74) is 1.70. The van der Waals surface area contributed by atoms with Crippen molar-refractivity contribution in [3.8, 4) is 0 Å². The summed E-state index contributed by atoms with van der Waals surface area (Å²) in [7, 11) is 0. The Labute approximate surface area is 134 Å². The molecule has 2 N–H and O–H groups in total. The predicted octanol–water partition coefficient (Wildman–Crippen LogP) is 2.45. The van der Waals surface area contributed by atoms with Crippen molar-refractivity contribution in [3.63, 3.8) is 0 Å². The first-order chi connectivity index (χ1) is 11.2. The van der Waals surface area contributed by atoms with Crippen LogP contribution in [0, 0.1) is 0 Å². The molecule has 3 aromatic rings. The number of hydrogen-bond acceptors (Lipinski definition) is 4. The van der Waals surface area contributed by atoms with Gasteiger partial charge in [-0.05, 0) is 25.5 Å². The van der Waals surface area contributed by atoms with Gasteiger partial charge in [0.1, 0.15) is 5.82 Å². The highest BCUT2D eigenvalue weighted by molar-refractivity contribution is 5.77. The van der Waals surface area contributed by atoms with E-state index in [1.807, 2.05) is 24.4 Å². The van der Waals surface area contributed by atoms with Crippen LogP contribution in [0.4, 0.5) is 0 Å². The van der Waals surface area contributed by atoms with Crippen LogP contribution in [0.25, 0.3) is 10.9 Å². The van der Waals surface area contributed by atoms with Gasteiger partial charge in [0.2, 0.25) is 0 Å². The predicted molar refractivity (Wildman–Crippen MR) is 90.0 cm³/mol. The fourth-order valence-corrected chi connectivity index (χ4v) is 2.62. The van der Waals surface area contributed by atoms with E-state index in [2.05, 4.69) is 38.7 Å². The second kappa shape index (κ2) is 6.75. The lowest BCUT2D eigenvalue weighted by Gasteiger charge is -2.27. The number of aromatic amines is 2. The number of fused-ring (bicyclic) bond motifs is 1. The number of para-hydroxylation sites is 1. The molecule has 23 heavy (non-hydrogen) atoms. The Balaban J connectivity index is 1.88. The Morgan fingerprint density at radius 3 is 2.83 bits per heavy atom. The molecule has 0 aliphatic rings. The van der Waals surface area contributed by atoms with Crippen LogP contribution in [0.3, 0.4) is 0 Å². The Morgan fingerprint density at radius 1 is 1.26 bits per heavy atom. The molecule has 1 atom stereocenters. The fraction of sp³-hybridized carbons (Fsp3) is 0.353. The average molecular weight is 311 g/mol. The number of H-pyrrole nitrogens is 2. The third kappa shape index (κ3) is 3.48. The van der Waals surface area contributed by atoms with Gasteiger partial charge < -0.3 is 9.97 Å². The van der Waals surface area contributed by atoms with Crippen LogP contribution in [0.5, 0.6) is 0 Å². The molecule has 6 heteroatoms. The van der Waals surface area contributed by atoms with Gasteiger partial charge in [-0.1, -0.05) is 19.1 Å². The number of aromatic nitrogens is 4. The van der Waals surface area contributed by atoms with E-state index in [1.165, 1.54) is 0 Å². The average Bonchev–Trinajstić information content (AvgIpc) is 3.06. The van der Waals surface area contributed by atoms with Crippen molar-refractivity contribution in [2.24, 2.45) is 0 Å². The summed E-state index contributed by atoms with van der Waals surface area (Å²) in [5, 5.41) is 0.625. The van der Waals surface area contributed by atoms with Crippen molar-refractivity contribution in [2.75, 3.05) is 0 Å². The van der Waals surface area contributed by atoms with Gasteiger partial charge in [0.05, 0.1) is 23.8 Å². The standard InChI is InChI=1S/C17H21N5O/c1-3-12(2)22(9-13-8-18-11-19-13)10-16-20-15-7-5-4-6-14(15)17(23)21-16/h4-8,11-12H,3,9-10H2,1-2H3,(H,18,19)(H,20,21,23). The molecule has 0 aliphatic heterocycles. The van der Waals surface area contributed by atoms with Crippen molar-refractivity contribution in [1.82, 2.24) is 24.8 Å². The SMILES string of the molecule is CCC(C)N(Cc1cnc[nH]1)Cc1nc2ccccc2c(=O)[nH]1. The van der Waals surface area contributed by atoms with Crippen LogP contribution in [0.15, 0.2) is 41.6 Å². The van der Waals surface area contributed by atoms with Gasteiger partial charge in [0, 0.05) is 24.5 Å². The van der Waals surface area contributed by atoms with E-state index in [-0.39, 0.29) is 5.56 Å². The second-order valence-electron chi connectivity index (χ2n) is 5.77. The lowest BCUT2D eigenvalue weighted by molar-refractivity contribution is 0.179. The van der Waals surface area contributed by atoms with E-state index in [9.17, 15) is 4.79 Å². The summed E-state index contributed by atoms with van der Waals surface area (Å²) in [6.45, 7) is 5.66. The molecule has 0 aliphatic carbocycles. The Kier molecular flexibility index (Phi) is 4.52. The molecule has 2 aromatic heterocycles. The Bertz CT molecular complexity index is 824. The number of nitrogens with zero attached hydrogens (tertiary/aromatic N) is 3. The van der Waals surface area contributed by atoms with E-state index in [0.29, 0.717) is 23.8 Å². The number of imidazole rings is 1. The second-order valence-corrected chi connectivity index (χ2v) is 5.77. The van der Waals surface area contributed by atoms with Crippen LogP contribution in [0.2, 0.25) is 0 Å². The van der Waals surface area contributed by atoms with Crippen molar-refractivity contribution in [3.05, 3.63) is 58.7 Å². The third-order valence-corrected chi connectivity index (χ3v) is 4.16. The molecule has 0 saturated heterocycles. The van der Waals surface area contributed by atoms with Crippen molar-refractivity contribution in [1.29, 1.82) is 0 Å². The summed E-state index contributed by atoms with van der Waals surface area (Å²) in [4.78, 5) is 29.2. The summed E-state index contributed by atoms with van der Waals surface area (Å²) in [6, 6.07) is 7.78. The maximum Gasteiger partial charge on any atom is 0.258 e. The minimum absolute atomic E-state index is 0.0868. The van der Waals surface area contributed by atoms with Crippen molar-refractivity contribution in [2.45, 2.75) is 39.4 Å². The molecule has 0 amide bonds. The Morgan fingerprint density at radius 2 is 2.09 bits per heavy atom.